The number of nitrogens with one attached hydrogen (secondary N) is 1. The monoisotopic (exact) mass is 542 g/mol. The number of amides is 2. The van der Waals surface area contributed by atoms with Gasteiger partial charge in [-0.05, 0) is 88.2 Å². The molecule has 38 heavy (non-hydrogen) atoms. The maximum atomic E-state index is 13.3. The Balaban J connectivity index is 1.62. The third-order valence-corrected chi connectivity index (χ3v) is 8.53. The Labute approximate surface area is 225 Å². The molecule has 2 aromatic carbocycles. The van der Waals surface area contributed by atoms with Gasteiger partial charge in [-0.1, -0.05) is 24.2 Å². The summed E-state index contributed by atoms with van der Waals surface area (Å²) < 4.78 is 24.8. The van der Waals surface area contributed by atoms with Gasteiger partial charge in [0.25, 0.3) is 5.91 Å². The first-order valence-electron chi connectivity index (χ1n) is 13.1. The fraction of sp³-hybridized carbons (Fsp3) is 0.500. The number of sulfone groups is 1. The molecule has 0 heterocycles. The normalized spacial score (nSPS) is 15.1. The summed E-state index contributed by atoms with van der Waals surface area (Å²) in [6.07, 6.45) is 2.97. The number of hydrogen-bond donors (Lipinski definition) is 1. The number of benzene rings is 2. The van der Waals surface area contributed by atoms with Gasteiger partial charge in [-0.2, -0.15) is 4.91 Å². The Morgan fingerprint density at radius 2 is 1.68 bits per heavy atom. The molecule has 0 bridgehead atoms. The molecular formula is C28H38N4O5S. The molecule has 0 saturated heterocycles. The van der Waals surface area contributed by atoms with E-state index in [1.165, 1.54) is 0 Å². The van der Waals surface area contributed by atoms with Gasteiger partial charge in [-0.25, -0.2) is 8.42 Å². The zero-order valence-electron chi connectivity index (χ0n) is 22.6. The molecule has 2 aromatic rings. The molecule has 1 saturated carbocycles. The first kappa shape index (κ1) is 29.4. The van der Waals surface area contributed by atoms with Crippen LogP contribution in [0.4, 0.5) is 5.69 Å². The predicted octanol–water partition coefficient (Wildman–Crippen LogP) is 4.34. The molecule has 1 N–H and O–H groups in total. The summed E-state index contributed by atoms with van der Waals surface area (Å²) >= 11 is 0. The molecule has 0 aliphatic heterocycles. The van der Waals surface area contributed by atoms with Crippen molar-refractivity contribution >= 4 is 27.3 Å². The van der Waals surface area contributed by atoms with E-state index in [2.05, 4.69) is 10.5 Å². The van der Waals surface area contributed by atoms with Crippen LogP contribution in [0, 0.1) is 10.8 Å². The Bertz CT molecular complexity index is 1210. The Hall–Kier alpha value is -3.11. The summed E-state index contributed by atoms with van der Waals surface area (Å²) in [4.78, 5) is 40.9. The van der Waals surface area contributed by atoms with Crippen LogP contribution in [0.15, 0.2) is 58.6 Å². The second kappa shape index (κ2) is 13.1. The van der Waals surface area contributed by atoms with Crippen molar-refractivity contribution in [1.82, 2.24) is 9.80 Å². The topological polar surface area (TPSA) is 116 Å². The van der Waals surface area contributed by atoms with Gasteiger partial charge in [0.15, 0.2) is 9.84 Å². The number of rotatable bonds is 14. The SMILES string of the molecule is CCCN(C(=O)c1ccc(NC(=O)Cc2ccc(S(=O)(=O)CC3CC3)cc2)cc1)C(CC(C)N=O)N(C)C. The van der Waals surface area contributed by atoms with E-state index in [-0.39, 0.29) is 36.1 Å². The van der Waals surface area contributed by atoms with Gasteiger partial charge < -0.3 is 10.2 Å². The Morgan fingerprint density at radius 1 is 1.05 bits per heavy atom. The smallest absolute Gasteiger partial charge is 0.255 e. The average Bonchev–Trinajstić information content (AvgIpc) is 3.69. The number of carbonyl (C=O) groups is 2. The van der Waals surface area contributed by atoms with Crippen LogP contribution in [0.2, 0.25) is 0 Å². The van der Waals surface area contributed by atoms with Gasteiger partial charge in [0.05, 0.1) is 29.3 Å². The molecule has 2 atom stereocenters. The number of anilines is 1. The highest BCUT2D eigenvalue weighted by atomic mass is 32.2. The minimum Gasteiger partial charge on any atom is -0.326 e. The molecule has 2 unspecified atom stereocenters. The van der Waals surface area contributed by atoms with Crippen LogP contribution in [-0.2, 0) is 21.1 Å². The predicted molar refractivity (Wildman–Crippen MR) is 149 cm³/mol. The van der Waals surface area contributed by atoms with E-state index in [1.807, 2.05) is 25.9 Å². The lowest BCUT2D eigenvalue weighted by Gasteiger charge is -2.36. The van der Waals surface area contributed by atoms with E-state index in [9.17, 15) is 22.9 Å². The molecule has 0 radical (unpaired) electrons. The molecule has 3 rings (SSSR count). The highest BCUT2D eigenvalue weighted by Gasteiger charge is 2.29. The molecular weight excluding hydrogens is 504 g/mol. The largest absolute Gasteiger partial charge is 0.326 e. The number of hydrogen-bond acceptors (Lipinski definition) is 7. The summed E-state index contributed by atoms with van der Waals surface area (Å²) in [6.45, 7) is 4.26. The third-order valence-electron chi connectivity index (χ3n) is 6.63. The maximum Gasteiger partial charge on any atom is 0.255 e. The van der Waals surface area contributed by atoms with Gasteiger partial charge >= 0.3 is 0 Å². The van der Waals surface area contributed by atoms with E-state index in [0.29, 0.717) is 34.7 Å². The van der Waals surface area contributed by atoms with E-state index in [0.717, 1.165) is 19.3 Å². The zero-order valence-corrected chi connectivity index (χ0v) is 23.4. The minimum absolute atomic E-state index is 0.0986. The average molecular weight is 543 g/mol. The third kappa shape index (κ3) is 8.19. The van der Waals surface area contributed by atoms with Gasteiger partial charge in [-0.15, -0.1) is 0 Å². The molecule has 9 nitrogen and oxygen atoms in total. The molecule has 0 aromatic heterocycles. The van der Waals surface area contributed by atoms with Crippen LogP contribution in [0.5, 0.6) is 0 Å². The van der Waals surface area contributed by atoms with E-state index in [1.54, 1.807) is 60.4 Å². The molecule has 206 valence electrons. The summed E-state index contributed by atoms with van der Waals surface area (Å²) in [5, 5.41) is 5.93. The lowest BCUT2D eigenvalue weighted by molar-refractivity contribution is -0.115. The Kier molecular flexibility index (Phi) is 10.2. The van der Waals surface area contributed by atoms with Crippen LogP contribution < -0.4 is 5.32 Å². The molecule has 10 heteroatoms. The molecule has 1 fully saturated rings. The molecule has 1 aliphatic rings. The second-order valence-electron chi connectivity index (χ2n) is 10.3. The van der Waals surface area contributed by atoms with Crippen LogP contribution in [-0.4, -0.2) is 68.6 Å². The molecule has 2 amide bonds. The quantitative estimate of drug-likeness (QED) is 0.280. The van der Waals surface area contributed by atoms with Crippen molar-refractivity contribution in [2.24, 2.45) is 11.1 Å². The summed E-state index contributed by atoms with van der Waals surface area (Å²) in [5.74, 6) is 0.0677. The first-order valence-corrected chi connectivity index (χ1v) is 14.7. The summed E-state index contributed by atoms with van der Waals surface area (Å²) in [6, 6.07) is 12.8. The van der Waals surface area contributed by atoms with Crippen molar-refractivity contribution in [3.05, 3.63) is 64.6 Å². The van der Waals surface area contributed by atoms with Crippen LogP contribution >= 0.6 is 0 Å². The number of nitrogens with zero attached hydrogens (tertiary/aromatic N) is 3. The molecule has 1 aliphatic carbocycles. The van der Waals surface area contributed by atoms with Crippen molar-refractivity contribution in [3.8, 4) is 0 Å². The maximum absolute atomic E-state index is 13.3. The fourth-order valence-corrected chi connectivity index (χ4v) is 6.05. The van der Waals surface area contributed by atoms with Gasteiger partial charge in [0.1, 0.15) is 0 Å². The van der Waals surface area contributed by atoms with E-state index in [4.69, 9.17) is 0 Å². The summed E-state index contributed by atoms with van der Waals surface area (Å²) in [5.41, 5.74) is 1.75. The van der Waals surface area contributed by atoms with E-state index < -0.39 is 15.9 Å². The standard InChI is InChI=1S/C28H38N4O5S/c1-5-16-32(27(31(3)4)17-20(2)30-35)28(34)23-10-12-24(13-11-23)29-26(33)18-21-8-14-25(15-9-21)38(36,37)19-22-6-7-22/h8-15,20,22,27H,5-7,16-19H2,1-4H3,(H,29,33). The van der Waals surface area contributed by atoms with Crippen LogP contribution in [0.1, 0.15) is 55.5 Å². The van der Waals surface area contributed by atoms with Crippen molar-refractivity contribution in [1.29, 1.82) is 0 Å². The van der Waals surface area contributed by atoms with Crippen LogP contribution in [0.25, 0.3) is 0 Å². The lowest BCUT2D eigenvalue weighted by atomic mass is 10.1. The molecule has 0 spiro atoms. The zero-order chi connectivity index (χ0) is 27.9. The van der Waals surface area contributed by atoms with Gasteiger partial charge in [0, 0.05) is 24.2 Å². The highest BCUT2D eigenvalue weighted by molar-refractivity contribution is 7.91. The van der Waals surface area contributed by atoms with Crippen molar-refractivity contribution in [3.63, 3.8) is 0 Å². The van der Waals surface area contributed by atoms with Gasteiger partial charge in [-0.3, -0.25) is 14.5 Å². The van der Waals surface area contributed by atoms with Gasteiger partial charge in [0.2, 0.25) is 5.91 Å². The summed E-state index contributed by atoms with van der Waals surface area (Å²) in [7, 11) is 0.462. The van der Waals surface area contributed by atoms with Crippen molar-refractivity contribution < 1.29 is 18.0 Å². The Morgan fingerprint density at radius 3 is 2.21 bits per heavy atom. The number of carbonyl (C=O) groups excluding carboxylic acids is 2. The second-order valence-corrected chi connectivity index (χ2v) is 12.3. The minimum atomic E-state index is -3.28. The highest BCUT2D eigenvalue weighted by Crippen LogP contribution is 2.32. The number of nitroso groups, excluding NO2 is 1. The lowest BCUT2D eigenvalue weighted by Crippen LogP contribution is -2.49. The van der Waals surface area contributed by atoms with Crippen molar-refractivity contribution in [2.75, 3.05) is 31.7 Å². The first-order chi connectivity index (χ1) is 18.0. The van der Waals surface area contributed by atoms with Crippen molar-refractivity contribution in [2.45, 2.75) is 63.1 Å². The van der Waals surface area contributed by atoms with E-state index >= 15 is 0 Å². The fourth-order valence-electron chi connectivity index (χ4n) is 4.35. The van der Waals surface area contributed by atoms with Crippen LogP contribution in [0.3, 0.4) is 0 Å².